The molecule has 1 rings (SSSR count). The fourth-order valence-electron chi connectivity index (χ4n) is 1.62. The number of hydrogen-bond acceptors (Lipinski definition) is 7. The van der Waals surface area contributed by atoms with E-state index in [2.05, 4.69) is 15.3 Å². The first-order valence-electron chi connectivity index (χ1n) is 7.16. The summed E-state index contributed by atoms with van der Waals surface area (Å²) in [6.45, 7) is 8.15. The van der Waals surface area contributed by atoms with Crippen LogP contribution in [-0.2, 0) is 9.47 Å². The highest BCUT2D eigenvalue weighted by molar-refractivity contribution is 5.66. The van der Waals surface area contributed by atoms with Crippen LogP contribution in [0.25, 0.3) is 0 Å². The van der Waals surface area contributed by atoms with Crippen LogP contribution >= 0.6 is 0 Å². The number of nitrogens with one attached hydrogen (secondary N) is 1. The van der Waals surface area contributed by atoms with Crippen molar-refractivity contribution in [3.63, 3.8) is 0 Å². The molecule has 0 radical (unpaired) electrons. The summed E-state index contributed by atoms with van der Waals surface area (Å²) in [7, 11) is 1.62. The zero-order valence-electron chi connectivity index (χ0n) is 13.3. The van der Waals surface area contributed by atoms with Crippen LogP contribution in [0.5, 0.6) is 5.88 Å². The summed E-state index contributed by atoms with van der Waals surface area (Å²) in [5, 5.41) is 3.19. The smallest absolute Gasteiger partial charge is 0.242 e. The minimum absolute atomic E-state index is 0.247. The van der Waals surface area contributed by atoms with Gasteiger partial charge in [-0.25, -0.2) is 4.98 Å². The van der Waals surface area contributed by atoms with Gasteiger partial charge >= 0.3 is 0 Å². The van der Waals surface area contributed by atoms with E-state index in [0.29, 0.717) is 43.0 Å². The average molecular weight is 298 g/mol. The van der Waals surface area contributed by atoms with Gasteiger partial charge in [0.2, 0.25) is 5.88 Å². The summed E-state index contributed by atoms with van der Waals surface area (Å²) >= 11 is 0. The van der Waals surface area contributed by atoms with E-state index < -0.39 is 0 Å². The molecule has 0 aliphatic rings. The molecule has 7 heteroatoms. The van der Waals surface area contributed by atoms with E-state index >= 15 is 0 Å². The van der Waals surface area contributed by atoms with Crippen molar-refractivity contribution in [2.75, 3.05) is 44.5 Å². The predicted octanol–water partition coefficient (Wildman–Crippen LogP) is 1.62. The zero-order valence-corrected chi connectivity index (χ0v) is 13.3. The zero-order chi connectivity index (χ0) is 15.7. The maximum atomic E-state index is 6.01. The lowest BCUT2D eigenvalue weighted by Gasteiger charge is -2.13. The van der Waals surface area contributed by atoms with Crippen molar-refractivity contribution < 1.29 is 14.2 Å². The first kappa shape index (κ1) is 17.5. The second-order valence-electron chi connectivity index (χ2n) is 4.88. The quantitative estimate of drug-likeness (QED) is 0.634. The number of nitrogens with two attached hydrogens (primary N) is 1. The first-order chi connectivity index (χ1) is 10.0. The first-order valence-corrected chi connectivity index (χ1v) is 7.16. The summed E-state index contributed by atoms with van der Waals surface area (Å²) in [6.07, 6.45) is 1.12. The Labute approximate surface area is 126 Å². The lowest BCUT2D eigenvalue weighted by atomic mass is 10.4. The number of aryl methyl sites for hydroxylation is 1. The average Bonchev–Trinajstić information content (AvgIpc) is 2.42. The Morgan fingerprint density at radius 2 is 1.95 bits per heavy atom. The fourth-order valence-corrected chi connectivity index (χ4v) is 1.62. The highest BCUT2D eigenvalue weighted by Crippen LogP contribution is 2.25. The van der Waals surface area contributed by atoms with Crippen LogP contribution in [0.2, 0.25) is 0 Å². The molecule has 1 aromatic rings. The maximum absolute atomic E-state index is 6.01. The molecule has 0 fully saturated rings. The summed E-state index contributed by atoms with van der Waals surface area (Å²) in [6, 6.07) is 0. The van der Waals surface area contributed by atoms with E-state index in [0.717, 1.165) is 13.0 Å². The Morgan fingerprint density at radius 3 is 2.62 bits per heavy atom. The SMILES string of the molecule is COCCOc1nc(C)nc(NCCCOC(C)C)c1N. The van der Waals surface area contributed by atoms with Gasteiger partial charge in [-0.15, -0.1) is 0 Å². The minimum Gasteiger partial charge on any atom is -0.474 e. The monoisotopic (exact) mass is 298 g/mol. The van der Waals surface area contributed by atoms with Gasteiger partial charge in [0.25, 0.3) is 0 Å². The summed E-state index contributed by atoms with van der Waals surface area (Å²) in [4.78, 5) is 8.49. The second-order valence-corrected chi connectivity index (χ2v) is 4.88. The molecule has 0 saturated heterocycles. The van der Waals surface area contributed by atoms with Gasteiger partial charge in [-0.1, -0.05) is 0 Å². The van der Waals surface area contributed by atoms with Crippen LogP contribution in [0.4, 0.5) is 11.5 Å². The van der Waals surface area contributed by atoms with Crippen LogP contribution in [0.1, 0.15) is 26.1 Å². The third-order valence-corrected chi connectivity index (χ3v) is 2.61. The van der Waals surface area contributed by atoms with E-state index in [-0.39, 0.29) is 6.10 Å². The van der Waals surface area contributed by atoms with Gasteiger partial charge in [0.05, 0.1) is 12.7 Å². The fraction of sp³-hybridized carbons (Fsp3) is 0.714. The van der Waals surface area contributed by atoms with E-state index in [1.54, 1.807) is 14.0 Å². The van der Waals surface area contributed by atoms with Gasteiger partial charge in [0.15, 0.2) is 5.82 Å². The van der Waals surface area contributed by atoms with E-state index in [1.807, 2.05) is 13.8 Å². The van der Waals surface area contributed by atoms with Crippen LogP contribution in [0.3, 0.4) is 0 Å². The minimum atomic E-state index is 0.247. The summed E-state index contributed by atoms with van der Waals surface area (Å²) in [5.74, 6) is 1.59. The Balaban J connectivity index is 2.52. The third-order valence-electron chi connectivity index (χ3n) is 2.61. The molecular weight excluding hydrogens is 272 g/mol. The number of methoxy groups -OCH3 is 1. The summed E-state index contributed by atoms with van der Waals surface area (Å²) < 4.78 is 15.9. The van der Waals surface area contributed by atoms with E-state index in [1.165, 1.54) is 0 Å². The van der Waals surface area contributed by atoms with Crippen LogP contribution in [0, 0.1) is 6.92 Å². The standard InChI is InChI=1S/C14H26N4O3/c1-10(2)20-7-5-6-16-13-12(15)14(18-11(3)17-13)21-9-8-19-4/h10H,5-9,15H2,1-4H3,(H,16,17,18). The van der Waals surface area contributed by atoms with E-state index in [9.17, 15) is 0 Å². The molecule has 0 bridgehead atoms. The van der Waals surface area contributed by atoms with Gasteiger partial charge in [-0.2, -0.15) is 4.98 Å². The molecule has 0 amide bonds. The molecule has 0 spiro atoms. The van der Waals surface area contributed by atoms with E-state index in [4.69, 9.17) is 19.9 Å². The van der Waals surface area contributed by atoms with Crippen molar-refractivity contribution >= 4 is 11.5 Å². The number of nitrogens with zero attached hydrogens (tertiary/aromatic N) is 2. The van der Waals surface area contributed by atoms with Crippen molar-refractivity contribution in [3.8, 4) is 5.88 Å². The van der Waals surface area contributed by atoms with Crippen molar-refractivity contribution in [2.45, 2.75) is 33.3 Å². The molecule has 0 aromatic carbocycles. The Bertz CT molecular complexity index is 427. The molecule has 0 aliphatic heterocycles. The Hall–Kier alpha value is -1.60. The van der Waals surface area contributed by atoms with Gasteiger partial charge in [-0.3, -0.25) is 0 Å². The lowest BCUT2D eigenvalue weighted by Crippen LogP contribution is -2.14. The largest absolute Gasteiger partial charge is 0.474 e. The molecule has 1 aromatic heterocycles. The number of nitrogen functional groups attached to an aromatic ring is 1. The highest BCUT2D eigenvalue weighted by Gasteiger charge is 2.11. The molecule has 0 unspecified atom stereocenters. The number of anilines is 2. The molecule has 120 valence electrons. The van der Waals surface area contributed by atoms with Gasteiger partial charge in [0, 0.05) is 20.3 Å². The topological polar surface area (TPSA) is 91.5 Å². The van der Waals surface area contributed by atoms with Crippen molar-refractivity contribution in [1.29, 1.82) is 0 Å². The molecule has 0 saturated carbocycles. The third kappa shape index (κ3) is 6.59. The van der Waals surface area contributed by atoms with Crippen LogP contribution in [0.15, 0.2) is 0 Å². The van der Waals surface area contributed by atoms with Crippen LogP contribution < -0.4 is 15.8 Å². The van der Waals surface area contributed by atoms with Crippen molar-refractivity contribution in [3.05, 3.63) is 5.82 Å². The number of aromatic nitrogens is 2. The number of rotatable bonds is 10. The molecule has 0 aliphatic carbocycles. The molecule has 21 heavy (non-hydrogen) atoms. The van der Waals surface area contributed by atoms with Gasteiger partial charge in [0.1, 0.15) is 18.1 Å². The molecule has 3 N–H and O–H groups in total. The van der Waals surface area contributed by atoms with Crippen molar-refractivity contribution in [2.24, 2.45) is 0 Å². The van der Waals surface area contributed by atoms with Gasteiger partial charge in [-0.05, 0) is 27.2 Å². The predicted molar refractivity (Wildman–Crippen MR) is 82.7 cm³/mol. The molecular formula is C14H26N4O3. The highest BCUT2D eigenvalue weighted by atomic mass is 16.5. The Kier molecular flexibility index (Phi) is 7.78. The maximum Gasteiger partial charge on any atom is 0.242 e. The Morgan fingerprint density at radius 1 is 1.19 bits per heavy atom. The van der Waals surface area contributed by atoms with Gasteiger partial charge < -0.3 is 25.3 Å². The molecule has 7 nitrogen and oxygen atoms in total. The number of ether oxygens (including phenoxy) is 3. The van der Waals surface area contributed by atoms with Crippen LogP contribution in [-0.4, -0.2) is 49.5 Å². The normalized spacial score (nSPS) is 10.9. The van der Waals surface area contributed by atoms with Crippen molar-refractivity contribution in [1.82, 2.24) is 9.97 Å². The number of hydrogen-bond donors (Lipinski definition) is 2. The lowest BCUT2D eigenvalue weighted by molar-refractivity contribution is 0.0787. The second kappa shape index (κ2) is 9.36. The molecule has 1 heterocycles. The molecule has 0 atom stereocenters. The summed E-state index contributed by atoms with van der Waals surface area (Å²) in [5.41, 5.74) is 6.43.